The van der Waals surface area contributed by atoms with Crippen LogP contribution in [0.25, 0.3) is 0 Å². The molecule has 3 heteroatoms. The number of unbranched alkanes of at least 4 members (excludes halogenated alkanes) is 5. The van der Waals surface area contributed by atoms with Gasteiger partial charge in [0.15, 0.2) is 6.29 Å². The lowest BCUT2D eigenvalue weighted by molar-refractivity contribution is -0.0480. The van der Waals surface area contributed by atoms with Gasteiger partial charge < -0.3 is 9.47 Å². The van der Waals surface area contributed by atoms with E-state index in [1.165, 1.54) is 32.1 Å². The van der Waals surface area contributed by atoms with Gasteiger partial charge in [0.2, 0.25) is 0 Å². The fourth-order valence-electron chi connectivity index (χ4n) is 1.69. The Balaban J connectivity index is 1.75. The molecule has 1 aliphatic heterocycles. The van der Waals surface area contributed by atoms with Crippen LogP contribution in [0.1, 0.15) is 44.9 Å². The van der Waals surface area contributed by atoms with Crippen LogP contribution in [0.5, 0.6) is 0 Å². The molecule has 0 bridgehead atoms. The molecule has 0 unspecified atom stereocenters. The first-order valence-electron chi connectivity index (χ1n) is 5.72. The summed E-state index contributed by atoms with van der Waals surface area (Å²) in [4.78, 5) is 0. The molecule has 1 saturated heterocycles. The molecule has 0 aromatic heterocycles. The molecule has 0 saturated carbocycles. The largest absolute Gasteiger partial charge is 0.350 e. The maximum atomic E-state index is 5.59. The Labute approximate surface area is 91.9 Å². The lowest BCUT2D eigenvalue weighted by atomic mass is 10.1. The van der Waals surface area contributed by atoms with Gasteiger partial charge in [-0.3, -0.25) is 0 Å². The Morgan fingerprint density at radius 2 is 1.43 bits per heavy atom. The quantitative estimate of drug-likeness (QED) is 0.462. The van der Waals surface area contributed by atoms with Crippen LogP contribution < -0.4 is 0 Å². The first kappa shape index (κ1) is 12.3. The van der Waals surface area contributed by atoms with Gasteiger partial charge >= 0.3 is 0 Å². The third kappa shape index (κ3) is 5.84. The number of rotatable bonds is 8. The third-order valence-corrected chi connectivity index (χ3v) is 2.78. The maximum Gasteiger partial charge on any atom is 0.157 e. The van der Waals surface area contributed by atoms with E-state index in [4.69, 9.17) is 21.1 Å². The predicted octanol–water partition coefficient (Wildman–Crippen LogP) is 3.33. The van der Waals surface area contributed by atoms with Gasteiger partial charge in [-0.15, -0.1) is 11.6 Å². The highest BCUT2D eigenvalue weighted by atomic mass is 35.5. The molecule has 0 aliphatic carbocycles. The first-order valence-corrected chi connectivity index (χ1v) is 6.26. The molecular weight excluding hydrogens is 200 g/mol. The molecule has 1 rings (SSSR count). The average molecular weight is 221 g/mol. The lowest BCUT2D eigenvalue weighted by Crippen LogP contribution is -2.06. The minimum Gasteiger partial charge on any atom is -0.350 e. The Kier molecular flexibility index (Phi) is 7.47. The van der Waals surface area contributed by atoms with Gasteiger partial charge in [-0.05, 0) is 19.3 Å². The summed E-state index contributed by atoms with van der Waals surface area (Å²) in [5.41, 5.74) is 0. The molecule has 2 nitrogen and oxygen atoms in total. The molecule has 0 spiro atoms. The second-order valence-electron chi connectivity index (χ2n) is 3.77. The molecule has 0 aromatic carbocycles. The van der Waals surface area contributed by atoms with Crippen molar-refractivity contribution in [1.29, 1.82) is 0 Å². The highest BCUT2D eigenvalue weighted by Gasteiger charge is 2.14. The standard InChI is InChI=1S/C11H21ClO2/c12-8-6-4-2-1-3-5-7-11-13-9-10-14-11/h11H,1-10H2. The SMILES string of the molecule is ClCCCCCCCCC1OCCO1. The number of ether oxygens (including phenoxy) is 2. The number of hydrogen-bond donors (Lipinski definition) is 0. The molecule has 1 aliphatic rings. The van der Waals surface area contributed by atoms with Crippen molar-refractivity contribution in [2.75, 3.05) is 19.1 Å². The molecule has 1 fully saturated rings. The van der Waals surface area contributed by atoms with Gasteiger partial charge in [0, 0.05) is 5.88 Å². The van der Waals surface area contributed by atoms with E-state index >= 15 is 0 Å². The van der Waals surface area contributed by atoms with E-state index < -0.39 is 0 Å². The lowest BCUT2D eigenvalue weighted by Gasteiger charge is -2.07. The van der Waals surface area contributed by atoms with E-state index in [0.717, 1.165) is 31.9 Å². The van der Waals surface area contributed by atoms with Gasteiger partial charge in [-0.2, -0.15) is 0 Å². The molecule has 0 N–H and O–H groups in total. The summed E-state index contributed by atoms with van der Waals surface area (Å²) in [5.74, 6) is 0.809. The Morgan fingerprint density at radius 3 is 2.07 bits per heavy atom. The second kappa shape index (κ2) is 8.51. The minimum atomic E-state index is 0.0952. The van der Waals surface area contributed by atoms with Crippen LogP contribution in [0.4, 0.5) is 0 Å². The zero-order chi connectivity index (χ0) is 10.1. The fourth-order valence-corrected chi connectivity index (χ4v) is 1.88. The van der Waals surface area contributed by atoms with E-state index in [-0.39, 0.29) is 6.29 Å². The van der Waals surface area contributed by atoms with Gasteiger partial charge in [0.05, 0.1) is 13.2 Å². The fraction of sp³-hybridized carbons (Fsp3) is 1.00. The van der Waals surface area contributed by atoms with E-state index in [9.17, 15) is 0 Å². The topological polar surface area (TPSA) is 18.5 Å². The molecule has 0 aromatic rings. The van der Waals surface area contributed by atoms with E-state index in [1.54, 1.807) is 0 Å². The Bertz CT molecular complexity index is 124. The van der Waals surface area contributed by atoms with Crippen LogP contribution >= 0.6 is 11.6 Å². The predicted molar refractivity (Wildman–Crippen MR) is 58.7 cm³/mol. The third-order valence-electron chi connectivity index (χ3n) is 2.51. The second-order valence-corrected chi connectivity index (χ2v) is 4.15. The summed E-state index contributed by atoms with van der Waals surface area (Å²) in [5, 5.41) is 0. The van der Waals surface area contributed by atoms with Crippen molar-refractivity contribution in [1.82, 2.24) is 0 Å². The molecule has 14 heavy (non-hydrogen) atoms. The highest BCUT2D eigenvalue weighted by Crippen LogP contribution is 2.14. The summed E-state index contributed by atoms with van der Waals surface area (Å²) >= 11 is 5.59. The van der Waals surface area contributed by atoms with Crippen LogP contribution in [0, 0.1) is 0 Å². The van der Waals surface area contributed by atoms with E-state index in [1.807, 2.05) is 0 Å². The normalized spacial score (nSPS) is 17.8. The van der Waals surface area contributed by atoms with Crippen molar-refractivity contribution in [3.63, 3.8) is 0 Å². The van der Waals surface area contributed by atoms with Crippen molar-refractivity contribution in [2.24, 2.45) is 0 Å². The average Bonchev–Trinajstić information content (AvgIpc) is 2.69. The summed E-state index contributed by atoms with van der Waals surface area (Å²) < 4.78 is 10.7. The Hall–Kier alpha value is 0.210. The van der Waals surface area contributed by atoms with Crippen LogP contribution in [0.2, 0.25) is 0 Å². The van der Waals surface area contributed by atoms with Gasteiger partial charge in [-0.25, -0.2) is 0 Å². The summed E-state index contributed by atoms with van der Waals surface area (Å²) in [6.45, 7) is 1.56. The molecule has 0 radical (unpaired) electrons. The van der Waals surface area contributed by atoms with Crippen LogP contribution in [-0.4, -0.2) is 25.4 Å². The van der Waals surface area contributed by atoms with Crippen molar-refractivity contribution in [3.8, 4) is 0 Å². The molecular formula is C11H21ClO2. The molecule has 0 amide bonds. The first-order chi connectivity index (χ1) is 6.93. The smallest absolute Gasteiger partial charge is 0.157 e. The zero-order valence-corrected chi connectivity index (χ0v) is 9.60. The minimum absolute atomic E-state index is 0.0952. The molecule has 1 heterocycles. The van der Waals surface area contributed by atoms with Crippen LogP contribution in [0.3, 0.4) is 0 Å². The number of alkyl halides is 1. The van der Waals surface area contributed by atoms with Crippen molar-refractivity contribution in [2.45, 2.75) is 51.2 Å². The summed E-state index contributed by atoms with van der Waals surface area (Å²) in [6, 6.07) is 0. The van der Waals surface area contributed by atoms with E-state index in [2.05, 4.69) is 0 Å². The Morgan fingerprint density at radius 1 is 0.857 bits per heavy atom. The van der Waals surface area contributed by atoms with Gasteiger partial charge in [0.25, 0.3) is 0 Å². The summed E-state index contributed by atoms with van der Waals surface area (Å²) in [7, 11) is 0. The maximum absolute atomic E-state index is 5.59. The van der Waals surface area contributed by atoms with Crippen molar-refractivity contribution >= 4 is 11.6 Å². The van der Waals surface area contributed by atoms with Crippen LogP contribution in [0.15, 0.2) is 0 Å². The summed E-state index contributed by atoms with van der Waals surface area (Å²) in [6.07, 6.45) is 8.77. The number of hydrogen-bond acceptors (Lipinski definition) is 2. The molecule has 84 valence electrons. The van der Waals surface area contributed by atoms with Crippen LogP contribution in [-0.2, 0) is 9.47 Å². The zero-order valence-electron chi connectivity index (χ0n) is 8.84. The van der Waals surface area contributed by atoms with Crippen molar-refractivity contribution in [3.05, 3.63) is 0 Å². The van der Waals surface area contributed by atoms with Gasteiger partial charge in [0.1, 0.15) is 0 Å². The monoisotopic (exact) mass is 220 g/mol. The van der Waals surface area contributed by atoms with Gasteiger partial charge in [-0.1, -0.05) is 25.7 Å². The van der Waals surface area contributed by atoms with Crippen molar-refractivity contribution < 1.29 is 9.47 Å². The van der Waals surface area contributed by atoms with E-state index in [0.29, 0.717) is 0 Å². The molecule has 0 atom stereocenters. The highest BCUT2D eigenvalue weighted by molar-refractivity contribution is 6.17. The number of halogens is 1.